The Morgan fingerprint density at radius 1 is 1.47 bits per heavy atom. The Labute approximate surface area is 103 Å². The Balaban J connectivity index is 1.88. The van der Waals surface area contributed by atoms with Gasteiger partial charge in [-0.2, -0.15) is 0 Å². The van der Waals surface area contributed by atoms with Gasteiger partial charge in [0.05, 0.1) is 5.69 Å². The van der Waals surface area contributed by atoms with Crippen LogP contribution in [-0.4, -0.2) is 22.7 Å². The summed E-state index contributed by atoms with van der Waals surface area (Å²) in [5.74, 6) is 0.484. The fraction of sp³-hybridized carbons (Fsp3) is 0.643. The summed E-state index contributed by atoms with van der Waals surface area (Å²) in [6.45, 7) is 2.49. The Morgan fingerprint density at radius 2 is 2.35 bits per heavy atom. The highest BCUT2D eigenvalue weighted by Crippen LogP contribution is 2.25. The lowest BCUT2D eigenvalue weighted by Gasteiger charge is -2.30. The average molecular weight is 234 g/mol. The van der Waals surface area contributed by atoms with Gasteiger partial charge < -0.3 is 10.4 Å². The third-order valence-corrected chi connectivity index (χ3v) is 3.66. The first-order valence-electron chi connectivity index (χ1n) is 6.57. The van der Waals surface area contributed by atoms with Crippen LogP contribution in [0.5, 0.6) is 0 Å². The number of aromatic nitrogens is 1. The molecule has 0 aliphatic heterocycles. The summed E-state index contributed by atoms with van der Waals surface area (Å²) in [6, 6.07) is 6.84. The Kier molecular flexibility index (Phi) is 4.51. The molecule has 1 aromatic rings. The van der Waals surface area contributed by atoms with Crippen LogP contribution in [0.15, 0.2) is 24.4 Å². The lowest BCUT2D eigenvalue weighted by atomic mass is 9.86. The van der Waals surface area contributed by atoms with E-state index < -0.39 is 0 Å². The zero-order valence-corrected chi connectivity index (χ0v) is 10.5. The molecule has 94 valence electrons. The van der Waals surface area contributed by atoms with Gasteiger partial charge in [-0.3, -0.25) is 4.98 Å². The molecule has 1 heterocycles. The van der Waals surface area contributed by atoms with E-state index in [9.17, 15) is 5.11 Å². The molecule has 3 heteroatoms. The van der Waals surface area contributed by atoms with Crippen LogP contribution in [0.2, 0.25) is 0 Å². The molecule has 1 aliphatic carbocycles. The molecule has 1 aliphatic rings. The van der Waals surface area contributed by atoms with Crippen molar-refractivity contribution in [2.75, 3.05) is 6.61 Å². The van der Waals surface area contributed by atoms with Gasteiger partial charge in [-0.1, -0.05) is 12.5 Å². The summed E-state index contributed by atoms with van der Waals surface area (Å²) in [5.41, 5.74) is 1.10. The zero-order chi connectivity index (χ0) is 12.1. The number of nitrogens with one attached hydrogen (secondary N) is 1. The smallest absolute Gasteiger partial charge is 0.0570 e. The van der Waals surface area contributed by atoms with Gasteiger partial charge in [0.15, 0.2) is 0 Å². The molecule has 1 fully saturated rings. The van der Waals surface area contributed by atoms with E-state index in [2.05, 4.69) is 23.3 Å². The van der Waals surface area contributed by atoms with Crippen molar-refractivity contribution in [1.82, 2.24) is 10.3 Å². The van der Waals surface area contributed by atoms with Crippen molar-refractivity contribution in [1.29, 1.82) is 0 Å². The molecule has 0 aromatic carbocycles. The second-order valence-electron chi connectivity index (χ2n) is 5.06. The standard InChI is InChI=1S/C14H22N2O/c1-11(14-7-2-3-8-15-14)16-13-6-4-5-12(9-13)10-17/h2-3,7-8,11-13,16-17H,4-6,9-10H2,1H3. The summed E-state index contributed by atoms with van der Waals surface area (Å²) in [7, 11) is 0. The number of hydrogen-bond donors (Lipinski definition) is 2. The van der Waals surface area contributed by atoms with Gasteiger partial charge in [-0.25, -0.2) is 0 Å². The molecule has 0 saturated heterocycles. The summed E-state index contributed by atoms with van der Waals surface area (Å²) in [4.78, 5) is 4.37. The van der Waals surface area contributed by atoms with E-state index in [0.29, 0.717) is 24.6 Å². The fourth-order valence-corrected chi connectivity index (χ4v) is 2.68. The average Bonchev–Trinajstić information content (AvgIpc) is 2.40. The molecule has 3 unspecified atom stereocenters. The third-order valence-electron chi connectivity index (χ3n) is 3.66. The third kappa shape index (κ3) is 3.51. The van der Waals surface area contributed by atoms with E-state index in [0.717, 1.165) is 12.1 Å². The lowest BCUT2D eigenvalue weighted by Crippen LogP contribution is -2.36. The maximum Gasteiger partial charge on any atom is 0.0570 e. The number of pyridine rings is 1. The molecule has 3 atom stereocenters. The second-order valence-corrected chi connectivity index (χ2v) is 5.06. The van der Waals surface area contributed by atoms with Gasteiger partial charge in [0.25, 0.3) is 0 Å². The minimum Gasteiger partial charge on any atom is -0.396 e. The SMILES string of the molecule is CC(NC1CCCC(CO)C1)c1ccccn1. The predicted molar refractivity (Wildman–Crippen MR) is 68.6 cm³/mol. The van der Waals surface area contributed by atoms with Crippen molar-refractivity contribution < 1.29 is 5.11 Å². The predicted octanol–water partition coefficient (Wildman–Crippen LogP) is 2.28. The van der Waals surface area contributed by atoms with Crippen LogP contribution in [0.1, 0.15) is 44.3 Å². The van der Waals surface area contributed by atoms with E-state index >= 15 is 0 Å². The van der Waals surface area contributed by atoms with Crippen molar-refractivity contribution >= 4 is 0 Å². The minimum absolute atomic E-state index is 0.290. The molecule has 17 heavy (non-hydrogen) atoms. The number of aliphatic hydroxyl groups excluding tert-OH is 1. The van der Waals surface area contributed by atoms with Crippen LogP contribution in [0.4, 0.5) is 0 Å². The Morgan fingerprint density at radius 3 is 3.06 bits per heavy atom. The first-order valence-corrected chi connectivity index (χ1v) is 6.57. The van der Waals surface area contributed by atoms with Crippen LogP contribution in [0.25, 0.3) is 0 Å². The molecular formula is C14H22N2O. The highest BCUT2D eigenvalue weighted by Gasteiger charge is 2.22. The summed E-state index contributed by atoms with van der Waals surface area (Å²) in [6.07, 6.45) is 6.54. The summed E-state index contributed by atoms with van der Waals surface area (Å²) >= 11 is 0. The van der Waals surface area contributed by atoms with Crippen LogP contribution in [0.3, 0.4) is 0 Å². The van der Waals surface area contributed by atoms with Gasteiger partial charge in [-0.15, -0.1) is 0 Å². The topological polar surface area (TPSA) is 45.1 Å². The van der Waals surface area contributed by atoms with E-state index in [4.69, 9.17) is 0 Å². The number of hydrogen-bond acceptors (Lipinski definition) is 3. The Bertz CT molecular complexity index is 328. The van der Waals surface area contributed by atoms with Gasteiger partial charge in [-0.05, 0) is 44.2 Å². The van der Waals surface area contributed by atoms with E-state index in [1.54, 1.807) is 0 Å². The van der Waals surface area contributed by atoms with Crippen molar-refractivity contribution in [3.63, 3.8) is 0 Å². The number of aliphatic hydroxyl groups is 1. The summed E-state index contributed by atoms with van der Waals surface area (Å²) < 4.78 is 0. The molecular weight excluding hydrogens is 212 g/mol. The maximum absolute atomic E-state index is 9.22. The van der Waals surface area contributed by atoms with Crippen LogP contribution in [0, 0.1) is 5.92 Å². The lowest BCUT2D eigenvalue weighted by molar-refractivity contribution is 0.167. The molecule has 2 N–H and O–H groups in total. The molecule has 3 nitrogen and oxygen atoms in total. The van der Waals surface area contributed by atoms with Gasteiger partial charge in [0.1, 0.15) is 0 Å². The van der Waals surface area contributed by atoms with E-state index in [1.165, 1.54) is 19.3 Å². The van der Waals surface area contributed by atoms with Crippen molar-refractivity contribution in [3.05, 3.63) is 30.1 Å². The molecule has 1 saturated carbocycles. The summed E-state index contributed by atoms with van der Waals surface area (Å²) in [5, 5.41) is 12.8. The number of nitrogens with zero attached hydrogens (tertiary/aromatic N) is 1. The maximum atomic E-state index is 9.22. The fourth-order valence-electron chi connectivity index (χ4n) is 2.68. The Hall–Kier alpha value is -0.930. The first-order chi connectivity index (χ1) is 8.29. The van der Waals surface area contributed by atoms with Crippen LogP contribution >= 0.6 is 0 Å². The quantitative estimate of drug-likeness (QED) is 0.840. The van der Waals surface area contributed by atoms with Crippen molar-refractivity contribution in [2.24, 2.45) is 5.92 Å². The highest BCUT2D eigenvalue weighted by molar-refractivity contribution is 5.08. The highest BCUT2D eigenvalue weighted by atomic mass is 16.3. The molecule has 0 amide bonds. The molecule has 0 radical (unpaired) electrons. The molecule has 0 spiro atoms. The van der Waals surface area contributed by atoms with E-state index in [-0.39, 0.29) is 0 Å². The zero-order valence-electron chi connectivity index (χ0n) is 10.5. The van der Waals surface area contributed by atoms with Crippen LogP contribution in [-0.2, 0) is 0 Å². The van der Waals surface area contributed by atoms with Crippen LogP contribution < -0.4 is 5.32 Å². The van der Waals surface area contributed by atoms with Gasteiger partial charge in [0, 0.05) is 24.9 Å². The molecule has 0 bridgehead atoms. The second kappa shape index (κ2) is 6.12. The largest absolute Gasteiger partial charge is 0.396 e. The first kappa shape index (κ1) is 12.5. The van der Waals surface area contributed by atoms with Crippen molar-refractivity contribution in [3.8, 4) is 0 Å². The number of rotatable bonds is 4. The van der Waals surface area contributed by atoms with Gasteiger partial charge in [0.2, 0.25) is 0 Å². The normalized spacial score (nSPS) is 26.7. The monoisotopic (exact) mass is 234 g/mol. The molecule has 1 aromatic heterocycles. The van der Waals surface area contributed by atoms with E-state index in [1.807, 2.05) is 18.3 Å². The molecule has 2 rings (SSSR count). The minimum atomic E-state index is 0.290. The van der Waals surface area contributed by atoms with Crippen molar-refractivity contribution in [2.45, 2.75) is 44.7 Å². The van der Waals surface area contributed by atoms with Gasteiger partial charge >= 0.3 is 0 Å².